The van der Waals surface area contributed by atoms with Gasteiger partial charge < -0.3 is 14.9 Å². The van der Waals surface area contributed by atoms with E-state index in [1.54, 1.807) is 31.6 Å². The third-order valence-electron chi connectivity index (χ3n) is 2.35. The fourth-order valence-corrected chi connectivity index (χ4v) is 1.73. The summed E-state index contributed by atoms with van der Waals surface area (Å²) in [4.78, 5) is 4.33. The highest BCUT2D eigenvalue weighted by Crippen LogP contribution is 2.31. The number of methoxy groups -OCH3 is 1. The zero-order chi connectivity index (χ0) is 12.3. The van der Waals surface area contributed by atoms with Crippen molar-refractivity contribution >= 4 is 11.6 Å². The summed E-state index contributed by atoms with van der Waals surface area (Å²) < 4.78 is 10.6. The van der Waals surface area contributed by atoms with Gasteiger partial charge in [0.15, 0.2) is 5.89 Å². The van der Waals surface area contributed by atoms with Crippen LogP contribution in [0.1, 0.15) is 5.89 Å². The number of ether oxygens (including phenoxy) is 1. The molecule has 1 aromatic carbocycles. The Bertz CT molecular complexity index is 511. The molecular weight excluding hydrogens is 240 g/mol. The molecule has 0 aliphatic rings. The molecule has 2 N–H and O–H groups in total. The van der Waals surface area contributed by atoms with Crippen molar-refractivity contribution in [3.05, 3.63) is 35.4 Å². The van der Waals surface area contributed by atoms with E-state index >= 15 is 0 Å². The molecule has 0 atom stereocenters. The van der Waals surface area contributed by atoms with Crippen molar-refractivity contribution in [1.82, 2.24) is 4.98 Å². The van der Waals surface area contributed by atoms with Crippen LogP contribution in [-0.2, 0) is 6.42 Å². The summed E-state index contributed by atoms with van der Waals surface area (Å²) in [5.74, 6) is 1.33. The fourth-order valence-electron chi connectivity index (χ4n) is 1.55. The van der Waals surface area contributed by atoms with Gasteiger partial charge in [-0.25, -0.2) is 4.98 Å². The molecule has 4 nitrogen and oxygen atoms in total. The highest BCUT2D eigenvalue weighted by Gasteiger charge is 2.11. The first-order valence-corrected chi connectivity index (χ1v) is 5.60. The van der Waals surface area contributed by atoms with Crippen molar-refractivity contribution in [2.24, 2.45) is 5.73 Å². The van der Waals surface area contributed by atoms with Crippen LogP contribution in [0.5, 0.6) is 5.75 Å². The minimum Gasteiger partial charge on any atom is -0.496 e. The standard InChI is InChI=1S/C12H13ClN2O2/c1-16-11-3-2-8(13)6-9(11)10-7-17-12(15-10)4-5-14/h2-3,6-7H,4-5,14H2,1H3. The third kappa shape index (κ3) is 2.60. The van der Waals surface area contributed by atoms with Crippen LogP contribution >= 0.6 is 11.6 Å². The maximum atomic E-state index is 5.96. The summed E-state index contributed by atoms with van der Waals surface area (Å²) in [6, 6.07) is 5.37. The number of oxazole rings is 1. The van der Waals surface area contributed by atoms with Crippen LogP contribution in [0.4, 0.5) is 0 Å². The Kier molecular flexibility index (Phi) is 3.66. The van der Waals surface area contributed by atoms with E-state index < -0.39 is 0 Å². The summed E-state index contributed by atoms with van der Waals surface area (Å²) >= 11 is 5.96. The lowest BCUT2D eigenvalue weighted by molar-refractivity contribution is 0.416. The second kappa shape index (κ2) is 5.21. The normalized spacial score (nSPS) is 10.5. The van der Waals surface area contributed by atoms with Gasteiger partial charge in [0.05, 0.1) is 7.11 Å². The predicted octanol–water partition coefficient (Wildman–Crippen LogP) is 2.50. The van der Waals surface area contributed by atoms with Crippen LogP contribution in [0.3, 0.4) is 0 Å². The SMILES string of the molecule is COc1ccc(Cl)cc1-c1coc(CCN)n1. The molecule has 2 aromatic rings. The van der Waals surface area contributed by atoms with Gasteiger partial charge >= 0.3 is 0 Å². The summed E-state index contributed by atoms with van der Waals surface area (Å²) in [5.41, 5.74) is 6.96. The molecule has 0 aliphatic heterocycles. The van der Waals surface area contributed by atoms with Gasteiger partial charge in [-0.3, -0.25) is 0 Å². The van der Waals surface area contributed by atoms with Crippen LogP contribution in [0.2, 0.25) is 5.02 Å². The Labute approximate surface area is 104 Å². The van der Waals surface area contributed by atoms with Gasteiger partial charge in [-0.1, -0.05) is 11.6 Å². The molecule has 0 radical (unpaired) electrons. The molecule has 0 bridgehead atoms. The fraction of sp³-hybridized carbons (Fsp3) is 0.250. The molecule has 5 heteroatoms. The van der Waals surface area contributed by atoms with Gasteiger partial charge in [0.25, 0.3) is 0 Å². The Morgan fingerprint density at radius 1 is 1.47 bits per heavy atom. The van der Waals surface area contributed by atoms with E-state index in [2.05, 4.69) is 4.98 Å². The average Bonchev–Trinajstić information content (AvgIpc) is 2.78. The lowest BCUT2D eigenvalue weighted by Gasteiger charge is -2.05. The van der Waals surface area contributed by atoms with Crippen LogP contribution in [-0.4, -0.2) is 18.6 Å². The van der Waals surface area contributed by atoms with E-state index in [1.165, 1.54) is 0 Å². The van der Waals surface area contributed by atoms with Crippen molar-refractivity contribution in [3.63, 3.8) is 0 Å². The second-order valence-corrected chi connectivity index (χ2v) is 3.95. The highest BCUT2D eigenvalue weighted by molar-refractivity contribution is 6.30. The molecule has 2 rings (SSSR count). The van der Waals surface area contributed by atoms with E-state index in [0.717, 1.165) is 5.56 Å². The number of nitrogens with zero attached hydrogens (tertiary/aromatic N) is 1. The lowest BCUT2D eigenvalue weighted by atomic mass is 10.1. The molecule has 0 aliphatic carbocycles. The number of halogens is 1. The molecule has 0 amide bonds. The van der Waals surface area contributed by atoms with Gasteiger partial charge in [0.2, 0.25) is 0 Å². The van der Waals surface area contributed by atoms with Gasteiger partial charge in [0.1, 0.15) is 17.7 Å². The number of nitrogens with two attached hydrogens (primary N) is 1. The highest BCUT2D eigenvalue weighted by atomic mass is 35.5. The molecule has 90 valence electrons. The third-order valence-corrected chi connectivity index (χ3v) is 2.58. The number of hydrogen-bond donors (Lipinski definition) is 1. The molecule has 0 unspecified atom stereocenters. The van der Waals surface area contributed by atoms with Gasteiger partial charge in [-0.2, -0.15) is 0 Å². The predicted molar refractivity (Wildman–Crippen MR) is 66.3 cm³/mol. The van der Waals surface area contributed by atoms with Crippen molar-refractivity contribution in [2.45, 2.75) is 6.42 Å². The molecule has 0 saturated heterocycles. The zero-order valence-electron chi connectivity index (χ0n) is 9.44. The largest absolute Gasteiger partial charge is 0.496 e. The van der Waals surface area contributed by atoms with E-state index in [9.17, 15) is 0 Å². The molecule has 17 heavy (non-hydrogen) atoms. The Balaban J connectivity index is 2.40. The molecular formula is C12H13ClN2O2. The molecule has 0 fully saturated rings. The van der Waals surface area contributed by atoms with Crippen molar-refractivity contribution < 1.29 is 9.15 Å². The van der Waals surface area contributed by atoms with Crippen LogP contribution in [0.15, 0.2) is 28.9 Å². The Morgan fingerprint density at radius 2 is 2.29 bits per heavy atom. The number of aromatic nitrogens is 1. The smallest absolute Gasteiger partial charge is 0.195 e. The topological polar surface area (TPSA) is 61.3 Å². The molecule has 1 aromatic heterocycles. The summed E-state index contributed by atoms with van der Waals surface area (Å²) in [6.07, 6.45) is 2.20. The van der Waals surface area contributed by atoms with E-state index in [4.69, 9.17) is 26.5 Å². The van der Waals surface area contributed by atoms with E-state index in [-0.39, 0.29) is 0 Å². The van der Waals surface area contributed by atoms with Crippen LogP contribution < -0.4 is 10.5 Å². The average molecular weight is 253 g/mol. The first kappa shape index (κ1) is 12.0. The first-order chi connectivity index (χ1) is 8.24. The van der Waals surface area contributed by atoms with Crippen LogP contribution in [0.25, 0.3) is 11.3 Å². The van der Waals surface area contributed by atoms with Crippen LogP contribution in [0, 0.1) is 0 Å². The summed E-state index contributed by atoms with van der Waals surface area (Å²) in [5, 5.41) is 0.629. The number of hydrogen-bond acceptors (Lipinski definition) is 4. The molecule has 0 saturated carbocycles. The van der Waals surface area contributed by atoms with Crippen molar-refractivity contribution in [1.29, 1.82) is 0 Å². The van der Waals surface area contributed by atoms with Crippen molar-refractivity contribution in [2.75, 3.05) is 13.7 Å². The van der Waals surface area contributed by atoms with Gasteiger partial charge in [-0.05, 0) is 18.2 Å². The number of rotatable bonds is 4. The summed E-state index contributed by atoms with van der Waals surface area (Å²) in [7, 11) is 1.60. The number of benzene rings is 1. The van der Waals surface area contributed by atoms with Crippen molar-refractivity contribution in [3.8, 4) is 17.0 Å². The maximum Gasteiger partial charge on any atom is 0.195 e. The molecule has 0 spiro atoms. The summed E-state index contributed by atoms with van der Waals surface area (Å²) in [6.45, 7) is 0.507. The zero-order valence-corrected chi connectivity index (χ0v) is 10.2. The lowest BCUT2D eigenvalue weighted by Crippen LogP contribution is -2.02. The van der Waals surface area contributed by atoms with E-state index in [1.807, 2.05) is 0 Å². The quantitative estimate of drug-likeness (QED) is 0.908. The minimum atomic E-state index is 0.507. The van der Waals surface area contributed by atoms with Gasteiger partial charge in [-0.15, -0.1) is 0 Å². The Morgan fingerprint density at radius 3 is 3.00 bits per heavy atom. The Hall–Kier alpha value is -1.52. The minimum absolute atomic E-state index is 0.507. The van der Waals surface area contributed by atoms with E-state index in [0.29, 0.717) is 35.3 Å². The maximum absolute atomic E-state index is 5.96. The van der Waals surface area contributed by atoms with Gasteiger partial charge in [0, 0.05) is 23.6 Å². The first-order valence-electron chi connectivity index (χ1n) is 5.23. The molecule has 1 heterocycles. The second-order valence-electron chi connectivity index (χ2n) is 3.51. The monoisotopic (exact) mass is 252 g/mol.